The third-order valence-electron chi connectivity index (χ3n) is 5.15. The third kappa shape index (κ3) is 1.78. The fourth-order valence-corrected chi connectivity index (χ4v) is 3.92. The minimum Gasteiger partial charge on any atom is -0.460 e. The Morgan fingerprint density at radius 1 is 1.17 bits per heavy atom. The molecule has 3 nitrogen and oxygen atoms in total. The van der Waals surface area contributed by atoms with Crippen molar-refractivity contribution in [2.75, 3.05) is 0 Å². The fraction of sp³-hybridized carbons (Fsp3) is 0.933. The maximum atomic E-state index is 12.5. The molecule has 0 spiro atoms. The van der Waals surface area contributed by atoms with E-state index in [0.29, 0.717) is 0 Å². The molecule has 2 unspecified atom stereocenters. The topological polar surface area (TPSA) is 38.8 Å². The lowest BCUT2D eigenvalue weighted by Crippen LogP contribution is -2.36. The summed E-state index contributed by atoms with van der Waals surface area (Å²) in [6, 6.07) is 0. The van der Waals surface area contributed by atoms with Crippen molar-refractivity contribution < 1.29 is 14.3 Å². The first-order chi connectivity index (χ1) is 8.72. The Hall–Kier alpha value is -0.570. The van der Waals surface area contributed by atoms with Crippen molar-refractivity contribution in [3.05, 3.63) is 0 Å². The van der Waals surface area contributed by atoms with Crippen LogP contribution in [0.25, 0.3) is 0 Å². The predicted octanol–water partition coefficient (Wildman–Crippen LogP) is 3.35. The Morgan fingerprint density at radius 2 is 1.89 bits per heavy atom. The smallest absolute Gasteiger partial charge is 0.341 e. The van der Waals surface area contributed by atoms with Gasteiger partial charge in [-0.05, 0) is 51.4 Å². The van der Waals surface area contributed by atoms with Crippen LogP contribution in [0.1, 0.15) is 71.1 Å². The van der Waals surface area contributed by atoms with E-state index in [1.807, 2.05) is 0 Å². The van der Waals surface area contributed by atoms with Gasteiger partial charge in [0.2, 0.25) is 0 Å². The van der Waals surface area contributed by atoms with Crippen LogP contribution in [0.4, 0.5) is 0 Å². The van der Waals surface area contributed by atoms with Crippen molar-refractivity contribution in [2.24, 2.45) is 0 Å². The van der Waals surface area contributed by atoms with Crippen LogP contribution in [0.5, 0.6) is 0 Å². The van der Waals surface area contributed by atoms with Crippen LogP contribution in [0.2, 0.25) is 0 Å². The molecule has 3 fully saturated rings. The summed E-state index contributed by atoms with van der Waals surface area (Å²) in [4.78, 5) is 12.5. The van der Waals surface area contributed by atoms with Crippen LogP contribution in [0.15, 0.2) is 0 Å². The maximum Gasteiger partial charge on any atom is 0.341 e. The van der Waals surface area contributed by atoms with Gasteiger partial charge < -0.3 is 9.47 Å². The van der Waals surface area contributed by atoms with Gasteiger partial charge in [-0.2, -0.15) is 0 Å². The van der Waals surface area contributed by atoms with Crippen molar-refractivity contribution in [1.29, 1.82) is 0 Å². The number of carbonyl (C=O) groups is 1. The van der Waals surface area contributed by atoms with Gasteiger partial charge in [0.15, 0.2) is 5.60 Å². The van der Waals surface area contributed by atoms with E-state index in [4.69, 9.17) is 9.47 Å². The van der Waals surface area contributed by atoms with Crippen molar-refractivity contribution in [3.63, 3.8) is 0 Å². The van der Waals surface area contributed by atoms with Crippen molar-refractivity contribution >= 4 is 5.97 Å². The average molecular weight is 252 g/mol. The largest absolute Gasteiger partial charge is 0.460 e. The Labute approximate surface area is 109 Å². The van der Waals surface area contributed by atoms with Gasteiger partial charge in [-0.1, -0.05) is 19.8 Å². The van der Waals surface area contributed by atoms with E-state index >= 15 is 0 Å². The lowest BCUT2D eigenvalue weighted by atomic mass is 9.86. The highest BCUT2D eigenvalue weighted by atomic mass is 16.7. The van der Waals surface area contributed by atoms with Gasteiger partial charge >= 0.3 is 5.97 Å². The SMILES string of the molecule is CCC12CCCCCC1(C(=O)OC1CCCC1)O2. The van der Waals surface area contributed by atoms with Crippen LogP contribution in [0.3, 0.4) is 0 Å². The second kappa shape index (κ2) is 4.52. The zero-order valence-electron chi connectivity index (χ0n) is 11.4. The lowest BCUT2D eigenvalue weighted by Gasteiger charge is -2.18. The molecule has 0 aromatic heterocycles. The molecule has 1 heterocycles. The first kappa shape index (κ1) is 12.5. The zero-order chi connectivity index (χ0) is 12.6. The Kier molecular flexibility index (Phi) is 3.13. The molecule has 0 bridgehead atoms. The van der Waals surface area contributed by atoms with Crippen LogP contribution >= 0.6 is 0 Å². The summed E-state index contributed by atoms with van der Waals surface area (Å²) in [5, 5.41) is 0. The van der Waals surface area contributed by atoms with Crippen LogP contribution in [0, 0.1) is 0 Å². The highest BCUT2D eigenvalue weighted by Gasteiger charge is 2.74. The van der Waals surface area contributed by atoms with E-state index in [1.54, 1.807) is 0 Å². The summed E-state index contributed by atoms with van der Waals surface area (Å²) in [7, 11) is 0. The molecular formula is C15H24O3. The maximum absolute atomic E-state index is 12.5. The van der Waals surface area contributed by atoms with Crippen LogP contribution in [-0.2, 0) is 14.3 Å². The van der Waals surface area contributed by atoms with E-state index in [0.717, 1.165) is 38.5 Å². The number of rotatable bonds is 3. The number of hydrogen-bond donors (Lipinski definition) is 0. The summed E-state index contributed by atoms with van der Waals surface area (Å²) >= 11 is 0. The molecule has 1 saturated heterocycles. The van der Waals surface area contributed by atoms with Gasteiger partial charge in [0, 0.05) is 0 Å². The fourth-order valence-electron chi connectivity index (χ4n) is 3.92. The summed E-state index contributed by atoms with van der Waals surface area (Å²) in [6.45, 7) is 2.13. The highest BCUT2D eigenvalue weighted by Crippen LogP contribution is 2.59. The molecule has 0 aromatic rings. The summed E-state index contributed by atoms with van der Waals surface area (Å²) in [6.07, 6.45) is 11.0. The van der Waals surface area contributed by atoms with E-state index in [1.165, 1.54) is 25.7 Å². The molecule has 2 saturated carbocycles. The molecule has 0 N–H and O–H groups in total. The van der Waals surface area contributed by atoms with Gasteiger partial charge in [-0.3, -0.25) is 0 Å². The first-order valence-corrected chi connectivity index (χ1v) is 7.64. The number of epoxide rings is 1. The molecule has 102 valence electrons. The van der Waals surface area contributed by atoms with Gasteiger partial charge in [-0.25, -0.2) is 4.79 Å². The lowest BCUT2D eigenvalue weighted by molar-refractivity contribution is -0.155. The molecule has 0 radical (unpaired) electrons. The number of esters is 1. The average Bonchev–Trinajstić information content (AvgIpc) is 2.80. The number of ether oxygens (including phenoxy) is 2. The molecule has 18 heavy (non-hydrogen) atoms. The minimum absolute atomic E-state index is 0.0573. The number of hydrogen-bond acceptors (Lipinski definition) is 3. The van der Waals surface area contributed by atoms with E-state index < -0.39 is 5.60 Å². The van der Waals surface area contributed by atoms with Crippen molar-refractivity contribution in [2.45, 2.75) is 88.4 Å². The molecule has 3 aliphatic rings. The van der Waals surface area contributed by atoms with Gasteiger partial charge in [0.1, 0.15) is 11.7 Å². The van der Waals surface area contributed by atoms with Crippen LogP contribution in [-0.4, -0.2) is 23.3 Å². The molecule has 2 aliphatic carbocycles. The predicted molar refractivity (Wildman–Crippen MR) is 68.3 cm³/mol. The first-order valence-electron chi connectivity index (χ1n) is 7.64. The number of carbonyl (C=O) groups excluding carboxylic acids is 1. The molecule has 1 aliphatic heterocycles. The highest BCUT2D eigenvalue weighted by molar-refractivity contribution is 5.85. The molecule has 0 aromatic carbocycles. The Bertz CT molecular complexity index is 331. The zero-order valence-corrected chi connectivity index (χ0v) is 11.4. The monoisotopic (exact) mass is 252 g/mol. The second-order valence-corrected chi connectivity index (χ2v) is 6.15. The third-order valence-corrected chi connectivity index (χ3v) is 5.15. The quantitative estimate of drug-likeness (QED) is 0.571. The van der Waals surface area contributed by atoms with E-state index in [9.17, 15) is 4.79 Å². The van der Waals surface area contributed by atoms with E-state index in [2.05, 4.69) is 6.92 Å². The number of fused-ring (bicyclic) bond motifs is 1. The molecule has 3 heteroatoms. The Morgan fingerprint density at radius 3 is 2.61 bits per heavy atom. The molecule has 3 rings (SSSR count). The van der Waals surface area contributed by atoms with Gasteiger partial charge in [-0.15, -0.1) is 0 Å². The Balaban J connectivity index is 1.71. The second-order valence-electron chi connectivity index (χ2n) is 6.15. The normalized spacial score (nSPS) is 40.1. The molecular weight excluding hydrogens is 228 g/mol. The van der Waals surface area contributed by atoms with Gasteiger partial charge in [0.05, 0.1) is 0 Å². The minimum atomic E-state index is -0.569. The molecule has 0 amide bonds. The van der Waals surface area contributed by atoms with E-state index in [-0.39, 0.29) is 17.7 Å². The van der Waals surface area contributed by atoms with Crippen molar-refractivity contribution in [3.8, 4) is 0 Å². The van der Waals surface area contributed by atoms with Gasteiger partial charge in [0.25, 0.3) is 0 Å². The summed E-state index contributed by atoms with van der Waals surface area (Å²) in [5.74, 6) is -0.0573. The van der Waals surface area contributed by atoms with Crippen LogP contribution < -0.4 is 0 Å². The standard InChI is InChI=1S/C15H24O3/c1-2-14-10-6-3-7-11-15(14,18-14)13(16)17-12-8-4-5-9-12/h12H,2-11H2,1H3. The molecule has 2 atom stereocenters. The van der Waals surface area contributed by atoms with Crippen molar-refractivity contribution in [1.82, 2.24) is 0 Å². The summed E-state index contributed by atoms with van der Waals surface area (Å²) < 4.78 is 11.7. The summed E-state index contributed by atoms with van der Waals surface area (Å²) in [5.41, 5.74) is -0.750.